The summed E-state index contributed by atoms with van der Waals surface area (Å²) in [5, 5.41) is 0. The van der Waals surface area contributed by atoms with E-state index in [1.165, 1.54) is 5.56 Å². The molecule has 1 aromatic rings. The molecule has 4 nitrogen and oxygen atoms in total. The zero-order valence-corrected chi connectivity index (χ0v) is 11.1. The summed E-state index contributed by atoms with van der Waals surface area (Å²) in [6, 6.07) is 6.06. The zero-order valence-electron chi connectivity index (χ0n) is 11.1. The number of amides is 1. The van der Waals surface area contributed by atoms with Gasteiger partial charge in [-0.25, -0.2) is 0 Å². The number of rotatable bonds is 3. The molecular formula is C14H21N3O. The van der Waals surface area contributed by atoms with Crippen molar-refractivity contribution in [1.29, 1.82) is 0 Å². The zero-order chi connectivity index (χ0) is 13.3. The Morgan fingerprint density at radius 3 is 2.67 bits per heavy atom. The summed E-state index contributed by atoms with van der Waals surface area (Å²) in [5.41, 5.74) is 14.6. The third-order valence-electron chi connectivity index (χ3n) is 3.15. The second-order valence-corrected chi connectivity index (χ2v) is 5.64. The van der Waals surface area contributed by atoms with Gasteiger partial charge in [-0.15, -0.1) is 0 Å². The van der Waals surface area contributed by atoms with E-state index in [1.54, 1.807) is 4.90 Å². The van der Waals surface area contributed by atoms with Gasteiger partial charge in [0.15, 0.2) is 0 Å². The normalized spacial score (nSPS) is 15.8. The molecule has 4 N–H and O–H groups in total. The number of hydrogen-bond donors (Lipinski definition) is 2. The van der Waals surface area contributed by atoms with Crippen LogP contribution in [-0.2, 0) is 17.8 Å². The lowest BCUT2D eigenvalue weighted by Gasteiger charge is -2.34. The van der Waals surface area contributed by atoms with Gasteiger partial charge >= 0.3 is 0 Å². The fourth-order valence-electron chi connectivity index (χ4n) is 2.32. The number of carbonyl (C=O) groups excluding carboxylic acids is 1. The Balaban J connectivity index is 2.35. The summed E-state index contributed by atoms with van der Waals surface area (Å²) >= 11 is 0. The van der Waals surface area contributed by atoms with Gasteiger partial charge in [-0.05, 0) is 37.5 Å². The summed E-state index contributed by atoms with van der Waals surface area (Å²) in [7, 11) is 0. The number of nitrogens with zero attached hydrogens (tertiary/aromatic N) is 1. The Labute approximate surface area is 108 Å². The van der Waals surface area contributed by atoms with Crippen LogP contribution in [-0.4, -0.2) is 18.0 Å². The molecule has 1 aliphatic rings. The molecular weight excluding hydrogens is 226 g/mol. The molecule has 1 aromatic carbocycles. The van der Waals surface area contributed by atoms with E-state index in [-0.39, 0.29) is 5.91 Å². The van der Waals surface area contributed by atoms with Crippen LogP contribution in [0.15, 0.2) is 18.2 Å². The number of anilines is 1. The van der Waals surface area contributed by atoms with Crippen LogP contribution in [0.2, 0.25) is 0 Å². The quantitative estimate of drug-likeness (QED) is 0.842. The fraction of sp³-hybridized carbons (Fsp3) is 0.500. The summed E-state index contributed by atoms with van der Waals surface area (Å²) in [5.74, 6) is 0.154. The Bertz CT molecular complexity index is 463. The maximum absolute atomic E-state index is 12.0. The third-order valence-corrected chi connectivity index (χ3v) is 3.15. The largest absolute Gasteiger partial charge is 0.326 e. The van der Waals surface area contributed by atoms with Crippen LogP contribution in [0.5, 0.6) is 0 Å². The van der Waals surface area contributed by atoms with Gasteiger partial charge in [0, 0.05) is 30.7 Å². The second-order valence-electron chi connectivity index (χ2n) is 5.64. The smallest absolute Gasteiger partial charge is 0.227 e. The highest BCUT2D eigenvalue weighted by molar-refractivity contribution is 5.96. The minimum absolute atomic E-state index is 0.154. The lowest BCUT2D eigenvalue weighted by atomic mass is 9.96. The molecule has 4 heteroatoms. The Morgan fingerprint density at radius 2 is 2.06 bits per heavy atom. The van der Waals surface area contributed by atoms with Gasteiger partial charge in [0.05, 0.1) is 0 Å². The predicted octanol–water partition coefficient (Wildman–Crippen LogP) is 1.16. The van der Waals surface area contributed by atoms with E-state index in [2.05, 4.69) is 6.07 Å². The number of carbonyl (C=O) groups is 1. The van der Waals surface area contributed by atoms with Crippen molar-refractivity contribution in [3.05, 3.63) is 29.3 Å². The lowest BCUT2D eigenvalue weighted by molar-refractivity contribution is -0.119. The molecule has 18 heavy (non-hydrogen) atoms. The molecule has 98 valence electrons. The monoisotopic (exact) mass is 247 g/mol. The molecule has 0 aromatic heterocycles. The van der Waals surface area contributed by atoms with Crippen LogP contribution in [0.3, 0.4) is 0 Å². The highest BCUT2D eigenvalue weighted by Gasteiger charge is 2.27. The highest BCUT2D eigenvalue weighted by atomic mass is 16.2. The van der Waals surface area contributed by atoms with Crippen molar-refractivity contribution in [3.8, 4) is 0 Å². The first-order valence-corrected chi connectivity index (χ1v) is 6.32. The maximum Gasteiger partial charge on any atom is 0.227 e. The van der Waals surface area contributed by atoms with Crippen LogP contribution >= 0.6 is 0 Å². The van der Waals surface area contributed by atoms with E-state index in [9.17, 15) is 4.79 Å². The molecule has 0 unspecified atom stereocenters. The van der Waals surface area contributed by atoms with Crippen molar-refractivity contribution in [1.82, 2.24) is 0 Å². The van der Waals surface area contributed by atoms with Gasteiger partial charge in [0.25, 0.3) is 0 Å². The minimum Gasteiger partial charge on any atom is -0.326 e. The van der Waals surface area contributed by atoms with E-state index in [0.717, 1.165) is 17.7 Å². The van der Waals surface area contributed by atoms with Crippen LogP contribution in [0.25, 0.3) is 0 Å². The minimum atomic E-state index is -0.392. The predicted molar refractivity (Wildman–Crippen MR) is 73.3 cm³/mol. The van der Waals surface area contributed by atoms with E-state index in [1.807, 2.05) is 26.0 Å². The van der Waals surface area contributed by atoms with E-state index in [4.69, 9.17) is 11.5 Å². The summed E-state index contributed by atoms with van der Waals surface area (Å²) < 4.78 is 0. The second kappa shape index (κ2) is 4.71. The van der Waals surface area contributed by atoms with E-state index < -0.39 is 5.54 Å². The van der Waals surface area contributed by atoms with Crippen molar-refractivity contribution in [2.24, 2.45) is 11.5 Å². The van der Waals surface area contributed by atoms with Gasteiger partial charge in [-0.1, -0.05) is 12.1 Å². The number of nitrogens with two attached hydrogens (primary N) is 2. The van der Waals surface area contributed by atoms with Crippen LogP contribution in [0.4, 0.5) is 5.69 Å². The average Bonchev–Trinajstić information content (AvgIpc) is 2.31. The van der Waals surface area contributed by atoms with E-state index >= 15 is 0 Å². The molecule has 0 bridgehead atoms. The maximum atomic E-state index is 12.0. The van der Waals surface area contributed by atoms with Crippen molar-refractivity contribution in [3.63, 3.8) is 0 Å². The van der Waals surface area contributed by atoms with E-state index in [0.29, 0.717) is 19.5 Å². The number of aryl methyl sites for hydroxylation is 1. The first-order chi connectivity index (χ1) is 8.40. The van der Waals surface area contributed by atoms with Crippen molar-refractivity contribution < 1.29 is 4.79 Å². The van der Waals surface area contributed by atoms with Gasteiger partial charge in [0.2, 0.25) is 5.91 Å². The van der Waals surface area contributed by atoms with Gasteiger partial charge in [-0.3, -0.25) is 4.79 Å². The molecule has 2 rings (SSSR count). The third kappa shape index (κ3) is 2.71. The lowest BCUT2D eigenvalue weighted by Crippen LogP contribution is -2.49. The molecule has 0 saturated heterocycles. The van der Waals surface area contributed by atoms with Crippen molar-refractivity contribution in [2.75, 3.05) is 11.4 Å². The van der Waals surface area contributed by atoms with Crippen LogP contribution in [0.1, 0.15) is 31.4 Å². The van der Waals surface area contributed by atoms with Gasteiger partial charge in [0.1, 0.15) is 0 Å². The summed E-state index contributed by atoms with van der Waals surface area (Å²) in [6.07, 6.45) is 1.35. The van der Waals surface area contributed by atoms with Gasteiger partial charge in [-0.2, -0.15) is 0 Å². The molecule has 1 amide bonds. The van der Waals surface area contributed by atoms with Crippen molar-refractivity contribution in [2.45, 2.75) is 38.8 Å². The van der Waals surface area contributed by atoms with Crippen LogP contribution in [0, 0.1) is 0 Å². The number of benzene rings is 1. The SMILES string of the molecule is CC(C)(N)CN1C(=O)CCc2cc(CN)ccc21. The Morgan fingerprint density at radius 1 is 1.33 bits per heavy atom. The molecule has 0 spiro atoms. The summed E-state index contributed by atoms with van der Waals surface area (Å²) in [4.78, 5) is 13.8. The van der Waals surface area contributed by atoms with Gasteiger partial charge < -0.3 is 16.4 Å². The topological polar surface area (TPSA) is 72.3 Å². The number of hydrogen-bond acceptors (Lipinski definition) is 3. The molecule has 1 aliphatic heterocycles. The molecule has 0 radical (unpaired) electrons. The molecule has 1 heterocycles. The molecule has 0 aliphatic carbocycles. The Kier molecular flexibility index (Phi) is 3.41. The first kappa shape index (κ1) is 13.1. The first-order valence-electron chi connectivity index (χ1n) is 6.32. The summed E-state index contributed by atoms with van der Waals surface area (Å²) in [6.45, 7) is 4.94. The molecule has 0 fully saturated rings. The standard InChI is InChI=1S/C14H21N3O/c1-14(2,16)9-17-12-5-3-10(8-15)7-11(12)4-6-13(17)18/h3,5,7H,4,6,8-9,15-16H2,1-2H3. The Hall–Kier alpha value is -1.39. The van der Waals surface area contributed by atoms with Crippen LogP contribution < -0.4 is 16.4 Å². The molecule has 0 saturated carbocycles. The van der Waals surface area contributed by atoms with Crippen molar-refractivity contribution >= 4 is 11.6 Å². The number of fused-ring (bicyclic) bond motifs is 1. The molecule has 0 atom stereocenters. The average molecular weight is 247 g/mol. The highest BCUT2D eigenvalue weighted by Crippen LogP contribution is 2.29. The fourth-order valence-corrected chi connectivity index (χ4v) is 2.32.